The van der Waals surface area contributed by atoms with Crippen LogP contribution in [0.5, 0.6) is 0 Å². The standard InChI is InChI=1S/C11H16FN3O3/c1-7(2)4-3-5-13-10(17)15-6-8(12)9(16)14-11(15)18/h6-7H,3-5H2,1-2H3,(H,13,17)(H,14,16,18). The van der Waals surface area contributed by atoms with Gasteiger partial charge in [0.05, 0.1) is 6.20 Å². The van der Waals surface area contributed by atoms with Crippen LogP contribution in [0.3, 0.4) is 0 Å². The number of halogens is 1. The third-order valence-electron chi connectivity index (χ3n) is 2.35. The molecule has 18 heavy (non-hydrogen) atoms. The number of rotatable bonds is 4. The van der Waals surface area contributed by atoms with Gasteiger partial charge in [-0.05, 0) is 18.8 Å². The van der Waals surface area contributed by atoms with Crippen molar-refractivity contribution in [3.63, 3.8) is 0 Å². The first kappa shape index (κ1) is 14.1. The van der Waals surface area contributed by atoms with Crippen LogP contribution < -0.4 is 16.6 Å². The third-order valence-corrected chi connectivity index (χ3v) is 2.35. The van der Waals surface area contributed by atoms with Gasteiger partial charge < -0.3 is 5.32 Å². The zero-order valence-electron chi connectivity index (χ0n) is 10.3. The molecule has 0 aliphatic carbocycles. The number of amides is 1. The molecule has 1 heterocycles. The molecule has 1 rings (SSSR count). The number of hydrogen-bond donors (Lipinski definition) is 2. The van der Waals surface area contributed by atoms with Crippen LogP contribution in [0.25, 0.3) is 0 Å². The number of carbonyl (C=O) groups is 1. The maximum Gasteiger partial charge on any atom is 0.336 e. The van der Waals surface area contributed by atoms with Crippen molar-refractivity contribution in [2.45, 2.75) is 26.7 Å². The van der Waals surface area contributed by atoms with E-state index >= 15 is 0 Å². The second-order valence-electron chi connectivity index (χ2n) is 4.37. The average molecular weight is 257 g/mol. The van der Waals surface area contributed by atoms with Crippen LogP contribution in [0.4, 0.5) is 9.18 Å². The van der Waals surface area contributed by atoms with Gasteiger partial charge >= 0.3 is 11.7 Å². The Morgan fingerprint density at radius 3 is 2.78 bits per heavy atom. The van der Waals surface area contributed by atoms with Gasteiger partial charge in [-0.1, -0.05) is 13.8 Å². The van der Waals surface area contributed by atoms with E-state index in [1.807, 2.05) is 0 Å². The van der Waals surface area contributed by atoms with E-state index in [1.54, 1.807) is 4.98 Å². The molecule has 7 heteroatoms. The predicted octanol–water partition coefficient (Wildman–Crippen LogP) is 0.670. The lowest BCUT2D eigenvalue weighted by atomic mass is 10.1. The van der Waals surface area contributed by atoms with Crippen LogP contribution in [0.1, 0.15) is 26.7 Å². The molecule has 0 atom stereocenters. The molecule has 0 aliphatic heterocycles. The summed E-state index contributed by atoms with van der Waals surface area (Å²) in [4.78, 5) is 35.3. The number of nitrogens with one attached hydrogen (secondary N) is 2. The first-order valence-corrected chi connectivity index (χ1v) is 5.71. The minimum atomic E-state index is -1.17. The monoisotopic (exact) mass is 257 g/mol. The van der Waals surface area contributed by atoms with Gasteiger partial charge in [0, 0.05) is 6.54 Å². The third kappa shape index (κ3) is 3.83. The summed E-state index contributed by atoms with van der Waals surface area (Å²) in [5.41, 5.74) is -2.09. The lowest BCUT2D eigenvalue weighted by Crippen LogP contribution is -2.40. The summed E-state index contributed by atoms with van der Waals surface area (Å²) in [6.07, 6.45) is 2.29. The predicted molar refractivity (Wildman–Crippen MR) is 64.1 cm³/mol. The molecule has 6 nitrogen and oxygen atoms in total. The molecular weight excluding hydrogens is 241 g/mol. The molecule has 0 saturated carbocycles. The van der Waals surface area contributed by atoms with Gasteiger partial charge in [-0.25, -0.2) is 14.2 Å². The number of nitrogens with zero attached hydrogens (tertiary/aromatic N) is 1. The van der Waals surface area contributed by atoms with Crippen molar-refractivity contribution in [1.29, 1.82) is 0 Å². The maximum atomic E-state index is 12.9. The van der Waals surface area contributed by atoms with Crippen molar-refractivity contribution in [2.75, 3.05) is 6.54 Å². The Balaban J connectivity index is 2.65. The van der Waals surface area contributed by atoms with Crippen LogP contribution in [0.15, 0.2) is 15.8 Å². The highest BCUT2D eigenvalue weighted by atomic mass is 19.1. The summed E-state index contributed by atoms with van der Waals surface area (Å²) >= 11 is 0. The van der Waals surface area contributed by atoms with E-state index in [4.69, 9.17) is 0 Å². The highest BCUT2D eigenvalue weighted by molar-refractivity contribution is 5.76. The summed E-state index contributed by atoms with van der Waals surface area (Å²) in [5, 5.41) is 2.48. The van der Waals surface area contributed by atoms with Crippen LogP contribution in [-0.2, 0) is 0 Å². The van der Waals surface area contributed by atoms with Gasteiger partial charge in [0.2, 0.25) is 5.82 Å². The Morgan fingerprint density at radius 2 is 2.17 bits per heavy atom. The summed E-state index contributed by atoms with van der Waals surface area (Å²) in [7, 11) is 0. The summed E-state index contributed by atoms with van der Waals surface area (Å²) in [5.74, 6) is -0.651. The van der Waals surface area contributed by atoms with E-state index < -0.39 is 23.1 Å². The van der Waals surface area contributed by atoms with E-state index in [0.29, 0.717) is 23.2 Å². The second kappa shape index (κ2) is 6.13. The van der Waals surface area contributed by atoms with E-state index in [0.717, 1.165) is 12.8 Å². The van der Waals surface area contributed by atoms with Crippen molar-refractivity contribution in [1.82, 2.24) is 14.9 Å². The lowest BCUT2D eigenvalue weighted by molar-refractivity contribution is 0.240. The fourth-order valence-electron chi connectivity index (χ4n) is 1.39. The summed E-state index contributed by atoms with van der Waals surface area (Å²) < 4.78 is 13.4. The zero-order chi connectivity index (χ0) is 13.7. The normalized spacial score (nSPS) is 10.7. The van der Waals surface area contributed by atoms with Crippen LogP contribution in [0.2, 0.25) is 0 Å². The highest BCUT2D eigenvalue weighted by Gasteiger charge is 2.10. The Kier molecular flexibility index (Phi) is 4.82. The zero-order valence-corrected chi connectivity index (χ0v) is 10.3. The minimum Gasteiger partial charge on any atom is -0.337 e. The van der Waals surface area contributed by atoms with Crippen LogP contribution in [-0.4, -0.2) is 22.1 Å². The Hall–Kier alpha value is -1.92. The Labute approximate surface area is 103 Å². The van der Waals surface area contributed by atoms with Crippen molar-refractivity contribution >= 4 is 6.03 Å². The molecule has 2 N–H and O–H groups in total. The van der Waals surface area contributed by atoms with Gasteiger partial charge in [-0.2, -0.15) is 4.39 Å². The highest BCUT2D eigenvalue weighted by Crippen LogP contribution is 2.01. The first-order chi connectivity index (χ1) is 8.41. The van der Waals surface area contributed by atoms with Crippen molar-refractivity contribution in [2.24, 2.45) is 5.92 Å². The molecule has 0 aliphatic rings. The molecule has 0 spiro atoms. The SMILES string of the molecule is CC(C)CCCNC(=O)n1cc(F)c(=O)[nH]c1=O. The molecule has 0 radical (unpaired) electrons. The van der Waals surface area contributed by atoms with Gasteiger partial charge in [0.25, 0.3) is 5.56 Å². The molecule has 0 fully saturated rings. The molecule has 0 saturated heterocycles. The fourth-order valence-corrected chi connectivity index (χ4v) is 1.39. The van der Waals surface area contributed by atoms with Crippen molar-refractivity contribution < 1.29 is 9.18 Å². The number of aromatic amines is 1. The lowest BCUT2D eigenvalue weighted by Gasteiger charge is -2.07. The topological polar surface area (TPSA) is 84.0 Å². The number of hydrogen-bond acceptors (Lipinski definition) is 3. The Bertz CT molecular complexity index is 533. The molecule has 100 valence electrons. The van der Waals surface area contributed by atoms with Gasteiger partial charge in [0.1, 0.15) is 0 Å². The fraction of sp³-hybridized carbons (Fsp3) is 0.545. The Morgan fingerprint density at radius 1 is 1.50 bits per heavy atom. The summed E-state index contributed by atoms with van der Waals surface area (Å²) in [6, 6.07) is -0.751. The van der Waals surface area contributed by atoms with Crippen molar-refractivity contribution in [3.05, 3.63) is 32.9 Å². The number of H-pyrrole nitrogens is 1. The molecule has 0 bridgehead atoms. The second-order valence-corrected chi connectivity index (χ2v) is 4.37. The maximum absolute atomic E-state index is 12.9. The largest absolute Gasteiger partial charge is 0.337 e. The molecule has 1 aromatic rings. The average Bonchev–Trinajstić information content (AvgIpc) is 2.28. The molecule has 0 aromatic carbocycles. The van der Waals surface area contributed by atoms with Crippen LogP contribution in [0, 0.1) is 11.7 Å². The number of aromatic nitrogens is 2. The van der Waals surface area contributed by atoms with Gasteiger partial charge in [-0.3, -0.25) is 9.78 Å². The van der Waals surface area contributed by atoms with Crippen molar-refractivity contribution in [3.8, 4) is 0 Å². The molecule has 1 amide bonds. The van der Waals surface area contributed by atoms with E-state index in [2.05, 4.69) is 19.2 Å². The van der Waals surface area contributed by atoms with E-state index in [-0.39, 0.29) is 0 Å². The quantitative estimate of drug-likeness (QED) is 0.777. The van der Waals surface area contributed by atoms with E-state index in [9.17, 15) is 18.8 Å². The summed E-state index contributed by atoms with van der Waals surface area (Å²) in [6.45, 7) is 4.51. The smallest absolute Gasteiger partial charge is 0.336 e. The first-order valence-electron chi connectivity index (χ1n) is 5.71. The van der Waals surface area contributed by atoms with E-state index in [1.165, 1.54) is 0 Å². The van der Waals surface area contributed by atoms with Crippen LogP contribution >= 0.6 is 0 Å². The van der Waals surface area contributed by atoms with Gasteiger partial charge in [0.15, 0.2) is 0 Å². The van der Waals surface area contributed by atoms with Gasteiger partial charge in [-0.15, -0.1) is 0 Å². The molecular formula is C11H16FN3O3. The minimum absolute atomic E-state index is 0.393. The number of carbonyl (C=O) groups excluding carboxylic acids is 1. The molecule has 1 aromatic heterocycles. The molecule has 0 unspecified atom stereocenters.